The SMILES string of the molecule is COC(=O)CC(Nc1nc(-c2ccccc2)nc2c1CCNC2=O)c1ccccc1. The van der Waals surface area contributed by atoms with Gasteiger partial charge in [0.25, 0.3) is 5.91 Å². The molecule has 1 amide bonds. The topological polar surface area (TPSA) is 93.2 Å². The molecule has 0 radical (unpaired) electrons. The average Bonchev–Trinajstić information content (AvgIpc) is 2.80. The van der Waals surface area contributed by atoms with Crippen LogP contribution in [-0.4, -0.2) is 35.5 Å². The molecule has 1 aliphatic heterocycles. The minimum atomic E-state index is -0.355. The number of amides is 1. The molecule has 30 heavy (non-hydrogen) atoms. The van der Waals surface area contributed by atoms with E-state index in [2.05, 4.69) is 15.6 Å². The summed E-state index contributed by atoms with van der Waals surface area (Å²) in [5.41, 5.74) is 2.86. The lowest BCUT2D eigenvalue weighted by Crippen LogP contribution is -2.34. The van der Waals surface area contributed by atoms with Crippen LogP contribution in [0.1, 0.15) is 34.1 Å². The van der Waals surface area contributed by atoms with Crippen LogP contribution in [0.2, 0.25) is 0 Å². The highest BCUT2D eigenvalue weighted by molar-refractivity contribution is 5.96. The maximum atomic E-state index is 12.5. The van der Waals surface area contributed by atoms with Crippen LogP contribution in [0.3, 0.4) is 0 Å². The van der Waals surface area contributed by atoms with Gasteiger partial charge in [-0.2, -0.15) is 0 Å². The van der Waals surface area contributed by atoms with Crippen molar-refractivity contribution >= 4 is 17.7 Å². The molecule has 2 heterocycles. The quantitative estimate of drug-likeness (QED) is 0.616. The van der Waals surface area contributed by atoms with E-state index in [9.17, 15) is 9.59 Å². The molecular formula is C23H22N4O3. The van der Waals surface area contributed by atoms with Crippen molar-refractivity contribution in [1.29, 1.82) is 0 Å². The van der Waals surface area contributed by atoms with Gasteiger partial charge in [0.1, 0.15) is 11.5 Å². The van der Waals surface area contributed by atoms with Gasteiger partial charge in [0.2, 0.25) is 0 Å². The predicted molar refractivity (Wildman–Crippen MR) is 113 cm³/mol. The van der Waals surface area contributed by atoms with Crippen LogP contribution >= 0.6 is 0 Å². The second-order valence-corrected chi connectivity index (χ2v) is 6.98. The van der Waals surface area contributed by atoms with Crippen molar-refractivity contribution in [1.82, 2.24) is 15.3 Å². The molecule has 3 aromatic rings. The van der Waals surface area contributed by atoms with Gasteiger partial charge in [-0.15, -0.1) is 0 Å². The van der Waals surface area contributed by atoms with E-state index >= 15 is 0 Å². The van der Waals surface area contributed by atoms with E-state index in [-0.39, 0.29) is 24.3 Å². The van der Waals surface area contributed by atoms with Gasteiger partial charge in [-0.25, -0.2) is 9.97 Å². The molecule has 0 bridgehead atoms. The van der Waals surface area contributed by atoms with Gasteiger partial charge in [-0.1, -0.05) is 60.7 Å². The van der Waals surface area contributed by atoms with E-state index in [0.29, 0.717) is 30.3 Å². The molecule has 1 aromatic heterocycles. The molecule has 0 fully saturated rings. The van der Waals surface area contributed by atoms with Crippen LogP contribution in [0, 0.1) is 0 Å². The van der Waals surface area contributed by atoms with Crippen LogP contribution in [0.4, 0.5) is 5.82 Å². The number of benzene rings is 2. The fraction of sp³-hybridized carbons (Fsp3) is 0.217. The second kappa shape index (κ2) is 8.73. The number of aromatic nitrogens is 2. The molecule has 2 N–H and O–H groups in total. The lowest BCUT2D eigenvalue weighted by Gasteiger charge is -2.24. The third-order valence-electron chi connectivity index (χ3n) is 5.03. The highest BCUT2D eigenvalue weighted by Gasteiger charge is 2.26. The minimum absolute atomic E-state index is 0.131. The number of hydrogen-bond donors (Lipinski definition) is 2. The van der Waals surface area contributed by atoms with Crippen molar-refractivity contribution in [2.45, 2.75) is 18.9 Å². The fourth-order valence-electron chi connectivity index (χ4n) is 3.48. The minimum Gasteiger partial charge on any atom is -0.469 e. The van der Waals surface area contributed by atoms with E-state index < -0.39 is 0 Å². The summed E-state index contributed by atoms with van der Waals surface area (Å²) in [6.45, 7) is 0.515. The van der Waals surface area contributed by atoms with Crippen molar-refractivity contribution in [3.05, 3.63) is 77.5 Å². The van der Waals surface area contributed by atoms with E-state index in [4.69, 9.17) is 9.72 Å². The van der Waals surface area contributed by atoms with Crippen LogP contribution < -0.4 is 10.6 Å². The number of hydrogen-bond acceptors (Lipinski definition) is 6. The van der Waals surface area contributed by atoms with Gasteiger partial charge in [-0.3, -0.25) is 9.59 Å². The number of esters is 1. The number of nitrogens with zero attached hydrogens (tertiary/aromatic N) is 2. The molecular weight excluding hydrogens is 380 g/mol. The van der Waals surface area contributed by atoms with Gasteiger partial charge in [0.15, 0.2) is 5.82 Å². The van der Waals surface area contributed by atoms with E-state index in [1.165, 1.54) is 7.11 Å². The molecule has 0 saturated carbocycles. The Morgan fingerprint density at radius 2 is 1.80 bits per heavy atom. The van der Waals surface area contributed by atoms with Crippen LogP contribution in [0.15, 0.2) is 60.7 Å². The van der Waals surface area contributed by atoms with Crippen molar-refractivity contribution < 1.29 is 14.3 Å². The molecule has 7 nitrogen and oxygen atoms in total. The first-order valence-corrected chi connectivity index (χ1v) is 9.78. The first-order chi connectivity index (χ1) is 14.7. The van der Waals surface area contributed by atoms with Crippen molar-refractivity contribution in [2.75, 3.05) is 19.0 Å². The highest BCUT2D eigenvalue weighted by atomic mass is 16.5. The third kappa shape index (κ3) is 4.15. The number of methoxy groups -OCH3 is 1. The number of fused-ring (bicyclic) bond motifs is 1. The third-order valence-corrected chi connectivity index (χ3v) is 5.03. The Balaban J connectivity index is 1.78. The summed E-state index contributed by atoms with van der Waals surface area (Å²) in [6, 6.07) is 18.8. The first kappa shape index (κ1) is 19.6. The average molecular weight is 402 g/mol. The van der Waals surface area contributed by atoms with Crippen molar-refractivity contribution in [2.24, 2.45) is 0 Å². The number of anilines is 1. The van der Waals surface area contributed by atoms with E-state index in [0.717, 1.165) is 16.7 Å². The van der Waals surface area contributed by atoms with E-state index in [1.54, 1.807) is 0 Å². The molecule has 0 aliphatic carbocycles. The molecule has 152 valence electrons. The maximum absolute atomic E-state index is 12.5. The molecule has 1 atom stereocenters. The summed E-state index contributed by atoms with van der Waals surface area (Å²) in [4.78, 5) is 33.8. The summed E-state index contributed by atoms with van der Waals surface area (Å²) < 4.78 is 4.89. The lowest BCUT2D eigenvalue weighted by molar-refractivity contribution is -0.140. The normalized spacial score (nSPS) is 13.7. The Bertz CT molecular complexity index is 1050. The smallest absolute Gasteiger partial charge is 0.307 e. The van der Waals surface area contributed by atoms with Crippen molar-refractivity contribution in [3.63, 3.8) is 0 Å². The standard InChI is InChI=1S/C23H22N4O3/c1-30-19(28)14-18(15-8-4-2-5-9-15)25-22-17-12-13-24-23(29)20(17)26-21(27-22)16-10-6-3-7-11-16/h2-11,18H,12-14H2,1H3,(H,24,29)(H,25,26,27). The Kier molecular flexibility index (Phi) is 5.70. The summed E-state index contributed by atoms with van der Waals surface area (Å²) in [5.74, 6) is 0.466. The predicted octanol–water partition coefficient (Wildman–Crippen LogP) is 3.15. The van der Waals surface area contributed by atoms with Crippen LogP contribution in [-0.2, 0) is 16.0 Å². The Morgan fingerprint density at radius 1 is 1.10 bits per heavy atom. The largest absolute Gasteiger partial charge is 0.469 e. The van der Waals surface area contributed by atoms with Gasteiger partial charge in [0.05, 0.1) is 19.6 Å². The number of ether oxygens (including phenoxy) is 1. The first-order valence-electron chi connectivity index (χ1n) is 9.78. The van der Waals surface area contributed by atoms with Gasteiger partial charge >= 0.3 is 5.97 Å². The number of rotatable bonds is 6. The maximum Gasteiger partial charge on any atom is 0.307 e. The zero-order valence-corrected chi connectivity index (χ0v) is 16.6. The summed E-state index contributed by atoms with van der Waals surface area (Å²) >= 11 is 0. The van der Waals surface area contributed by atoms with Gasteiger partial charge in [0, 0.05) is 17.7 Å². The number of nitrogens with one attached hydrogen (secondary N) is 2. The molecule has 0 spiro atoms. The monoisotopic (exact) mass is 402 g/mol. The van der Waals surface area contributed by atoms with Crippen molar-refractivity contribution in [3.8, 4) is 11.4 Å². The van der Waals surface area contributed by atoms with Gasteiger partial charge in [-0.05, 0) is 12.0 Å². The molecule has 1 unspecified atom stereocenters. The molecule has 1 aliphatic rings. The molecule has 7 heteroatoms. The zero-order valence-electron chi connectivity index (χ0n) is 16.6. The Labute approximate surface area is 174 Å². The van der Waals surface area contributed by atoms with Crippen LogP contribution in [0.25, 0.3) is 11.4 Å². The van der Waals surface area contributed by atoms with Gasteiger partial charge < -0.3 is 15.4 Å². The number of carbonyl (C=O) groups is 2. The Hall–Kier alpha value is -3.74. The summed E-state index contributed by atoms with van der Waals surface area (Å²) in [7, 11) is 1.37. The van der Waals surface area contributed by atoms with Crippen LogP contribution in [0.5, 0.6) is 0 Å². The van der Waals surface area contributed by atoms with E-state index in [1.807, 2.05) is 60.7 Å². The molecule has 0 saturated heterocycles. The zero-order chi connectivity index (χ0) is 20.9. The highest BCUT2D eigenvalue weighted by Crippen LogP contribution is 2.29. The fourth-order valence-corrected chi connectivity index (χ4v) is 3.48. The lowest BCUT2D eigenvalue weighted by atomic mass is 10.0. The Morgan fingerprint density at radius 3 is 2.50 bits per heavy atom. The molecule has 2 aromatic carbocycles. The molecule has 4 rings (SSSR count). The summed E-state index contributed by atoms with van der Waals surface area (Å²) in [6.07, 6.45) is 0.740. The number of carbonyl (C=O) groups excluding carboxylic acids is 2. The summed E-state index contributed by atoms with van der Waals surface area (Å²) in [5, 5.41) is 6.23. The second-order valence-electron chi connectivity index (χ2n) is 6.98.